The van der Waals surface area contributed by atoms with Gasteiger partial charge in [-0.15, -0.1) is 0 Å². The van der Waals surface area contributed by atoms with Gasteiger partial charge in [0.25, 0.3) is 0 Å². The summed E-state index contributed by atoms with van der Waals surface area (Å²) in [4.78, 5) is 34.7. The summed E-state index contributed by atoms with van der Waals surface area (Å²) < 4.78 is 5.31. The second kappa shape index (κ2) is 10.5. The largest absolute Gasteiger partial charge is 0.497 e. The summed E-state index contributed by atoms with van der Waals surface area (Å²) in [5, 5.41) is 0. The molecule has 0 N–H and O–H groups in total. The summed E-state index contributed by atoms with van der Waals surface area (Å²) in [5.41, 5.74) is 3.25. The van der Waals surface area contributed by atoms with Crippen molar-refractivity contribution < 1.29 is 14.3 Å². The molecule has 1 unspecified atom stereocenters. The molecule has 7 heteroatoms. The van der Waals surface area contributed by atoms with E-state index in [1.165, 1.54) is 29.5 Å². The topological polar surface area (TPSA) is 56.3 Å². The van der Waals surface area contributed by atoms with E-state index in [9.17, 15) is 9.59 Å². The highest BCUT2D eigenvalue weighted by atomic mass is 16.5. The quantitative estimate of drug-likeness (QED) is 0.551. The first-order chi connectivity index (χ1) is 17.8. The maximum absolute atomic E-state index is 14.2. The van der Waals surface area contributed by atoms with E-state index in [1.54, 1.807) is 26.1 Å². The highest BCUT2D eigenvalue weighted by Gasteiger charge is 2.56. The van der Waals surface area contributed by atoms with Crippen molar-refractivity contribution in [3.8, 4) is 5.75 Å². The highest BCUT2D eigenvalue weighted by Crippen LogP contribution is 2.46. The Morgan fingerprint density at radius 2 is 1.62 bits per heavy atom. The van der Waals surface area contributed by atoms with E-state index in [0.717, 1.165) is 38.1 Å². The third kappa shape index (κ3) is 5.12. The van der Waals surface area contributed by atoms with Crippen LogP contribution in [0.15, 0.2) is 48.5 Å². The minimum absolute atomic E-state index is 0.0889. The van der Waals surface area contributed by atoms with Crippen LogP contribution in [0.2, 0.25) is 0 Å². The monoisotopic (exact) mass is 504 g/mol. The molecule has 1 spiro atoms. The Morgan fingerprint density at radius 3 is 2.19 bits per heavy atom. The highest BCUT2D eigenvalue weighted by molar-refractivity contribution is 5.89. The minimum atomic E-state index is -0.530. The van der Waals surface area contributed by atoms with Crippen LogP contribution in [0.5, 0.6) is 5.75 Å². The number of nitrogens with zero attached hydrogens (tertiary/aromatic N) is 4. The summed E-state index contributed by atoms with van der Waals surface area (Å²) in [7, 11) is 7.38. The zero-order valence-corrected chi connectivity index (χ0v) is 22.7. The first-order valence-corrected chi connectivity index (χ1v) is 13.5. The number of hydrogen-bond acceptors (Lipinski definition) is 5. The van der Waals surface area contributed by atoms with Crippen LogP contribution in [0.25, 0.3) is 0 Å². The van der Waals surface area contributed by atoms with E-state index in [1.807, 2.05) is 12.1 Å². The Kier molecular flexibility index (Phi) is 7.28. The molecule has 0 bridgehead atoms. The van der Waals surface area contributed by atoms with Crippen LogP contribution in [-0.4, -0.2) is 91.4 Å². The number of rotatable bonds is 8. The fourth-order valence-corrected chi connectivity index (χ4v) is 5.98. The fourth-order valence-electron chi connectivity index (χ4n) is 5.98. The van der Waals surface area contributed by atoms with Crippen LogP contribution in [0, 0.1) is 0 Å². The average Bonchev–Trinajstić information content (AvgIpc) is 3.74. The van der Waals surface area contributed by atoms with Gasteiger partial charge in [-0.2, -0.15) is 0 Å². The van der Waals surface area contributed by atoms with Crippen molar-refractivity contribution in [2.45, 2.75) is 49.7 Å². The molecule has 198 valence electrons. The summed E-state index contributed by atoms with van der Waals surface area (Å²) >= 11 is 0. The molecule has 37 heavy (non-hydrogen) atoms. The number of piperidine rings is 1. The van der Waals surface area contributed by atoms with E-state index in [2.05, 4.69) is 58.1 Å². The predicted octanol–water partition coefficient (Wildman–Crippen LogP) is 3.51. The van der Waals surface area contributed by atoms with Crippen LogP contribution in [0.1, 0.15) is 54.5 Å². The van der Waals surface area contributed by atoms with Gasteiger partial charge in [0.15, 0.2) is 0 Å². The summed E-state index contributed by atoms with van der Waals surface area (Å²) in [6.45, 7) is 2.56. The molecule has 0 aromatic heterocycles. The third-order valence-electron chi connectivity index (χ3n) is 8.62. The predicted molar refractivity (Wildman–Crippen MR) is 144 cm³/mol. The molecule has 2 saturated heterocycles. The molecule has 2 amide bonds. The lowest BCUT2D eigenvalue weighted by atomic mass is 9.86. The van der Waals surface area contributed by atoms with Gasteiger partial charge >= 0.3 is 0 Å². The first-order valence-electron chi connectivity index (χ1n) is 13.5. The molecule has 7 nitrogen and oxygen atoms in total. The molecular weight excluding hydrogens is 464 g/mol. The summed E-state index contributed by atoms with van der Waals surface area (Å²) in [6, 6.07) is 17.1. The summed E-state index contributed by atoms with van der Waals surface area (Å²) in [6.07, 6.45) is 4.74. The van der Waals surface area contributed by atoms with Crippen LogP contribution < -0.4 is 4.74 Å². The maximum atomic E-state index is 14.2. The standard InChI is InChI=1S/C30H40N4O3/c1-31(2)27(35)21-33-19-16-30(17-20-33)29(36)34(18-15-22-5-13-26(37-4)14-6-22)28(32(30)3)25-11-9-24(10-12-25)23-7-8-23/h5-6,9-14,23,28H,7-8,15-21H2,1-4H3. The Hall–Kier alpha value is -2.90. The van der Waals surface area contributed by atoms with Crippen molar-refractivity contribution in [3.05, 3.63) is 65.2 Å². The van der Waals surface area contributed by atoms with E-state index < -0.39 is 5.54 Å². The van der Waals surface area contributed by atoms with Crippen molar-refractivity contribution in [2.75, 3.05) is 54.4 Å². The van der Waals surface area contributed by atoms with Gasteiger partial charge in [0.2, 0.25) is 11.8 Å². The number of carbonyl (C=O) groups is 2. The van der Waals surface area contributed by atoms with Gasteiger partial charge < -0.3 is 14.5 Å². The molecule has 0 radical (unpaired) electrons. The van der Waals surface area contributed by atoms with Crippen LogP contribution in [0.3, 0.4) is 0 Å². The van der Waals surface area contributed by atoms with E-state index >= 15 is 0 Å². The molecule has 2 aliphatic heterocycles. The van der Waals surface area contributed by atoms with Crippen molar-refractivity contribution in [2.24, 2.45) is 0 Å². The number of methoxy groups -OCH3 is 1. The minimum Gasteiger partial charge on any atom is -0.497 e. The zero-order valence-electron chi connectivity index (χ0n) is 22.7. The maximum Gasteiger partial charge on any atom is 0.244 e. The van der Waals surface area contributed by atoms with Gasteiger partial charge in [-0.25, -0.2) is 0 Å². The second-order valence-electron chi connectivity index (χ2n) is 11.1. The first kappa shape index (κ1) is 25.7. The number of likely N-dealkylation sites (tertiary alicyclic amines) is 1. The van der Waals surface area contributed by atoms with Crippen LogP contribution in [-0.2, 0) is 16.0 Å². The van der Waals surface area contributed by atoms with Crippen LogP contribution in [0.4, 0.5) is 0 Å². The molecule has 2 aromatic rings. The zero-order chi connectivity index (χ0) is 26.2. The van der Waals surface area contributed by atoms with Crippen molar-refractivity contribution in [1.29, 1.82) is 0 Å². The van der Waals surface area contributed by atoms with Crippen molar-refractivity contribution >= 4 is 11.8 Å². The smallest absolute Gasteiger partial charge is 0.244 e. The van der Waals surface area contributed by atoms with Gasteiger partial charge in [-0.05, 0) is 73.9 Å². The summed E-state index contributed by atoms with van der Waals surface area (Å²) in [5.74, 6) is 1.88. The molecule has 1 atom stereocenters. The molecule has 2 aromatic carbocycles. The Labute approximate surface area is 221 Å². The number of amides is 2. The Balaban J connectivity index is 1.37. The number of ether oxygens (including phenoxy) is 1. The number of carbonyl (C=O) groups excluding carboxylic acids is 2. The lowest BCUT2D eigenvalue weighted by Gasteiger charge is -2.42. The normalized spacial score (nSPS) is 22.0. The third-order valence-corrected chi connectivity index (χ3v) is 8.62. The Bertz CT molecular complexity index is 1100. The lowest BCUT2D eigenvalue weighted by molar-refractivity contribution is -0.136. The molecule has 3 fully saturated rings. The van der Waals surface area contributed by atoms with E-state index in [4.69, 9.17) is 4.74 Å². The van der Waals surface area contributed by atoms with Crippen molar-refractivity contribution in [3.63, 3.8) is 0 Å². The van der Waals surface area contributed by atoms with Crippen LogP contribution >= 0.6 is 0 Å². The van der Waals surface area contributed by atoms with E-state index in [-0.39, 0.29) is 18.0 Å². The lowest BCUT2D eigenvalue weighted by Crippen LogP contribution is -2.56. The van der Waals surface area contributed by atoms with Gasteiger partial charge in [0.05, 0.1) is 13.7 Å². The number of likely N-dealkylation sites (N-methyl/N-ethyl adjacent to an activating group) is 2. The van der Waals surface area contributed by atoms with E-state index in [0.29, 0.717) is 19.0 Å². The van der Waals surface area contributed by atoms with Gasteiger partial charge in [-0.3, -0.25) is 19.4 Å². The van der Waals surface area contributed by atoms with Gasteiger partial charge in [0.1, 0.15) is 17.5 Å². The molecule has 2 heterocycles. The number of hydrogen-bond donors (Lipinski definition) is 0. The second-order valence-corrected chi connectivity index (χ2v) is 11.1. The molecule has 1 aliphatic carbocycles. The molecule has 1 saturated carbocycles. The van der Waals surface area contributed by atoms with Gasteiger partial charge in [0, 0.05) is 33.7 Å². The average molecular weight is 505 g/mol. The fraction of sp³-hybridized carbons (Fsp3) is 0.533. The Morgan fingerprint density at radius 1 is 1.00 bits per heavy atom. The molecular formula is C30H40N4O3. The van der Waals surface area contributed by atoms with Crippen molar-refractivity contribution in [1.82, 2.24) is 19.6 Å². The number of benzene rings is 2. The van der Waals surface area contributed by atoms with Gasteiger partial charge in [-0.1, -0.05) is 36.4 Å². The molecule has 3 aliphatic rings. The molecule has 5 rings (SSSR count). The SMILES string of the molecule is COc1ccc(CCN2C(=O)C3(CCN(CC(=O)N(C)C)CC3)N(C)C2c2ccc(C3CC3)cc2)cc1.